The quantitative estimate of drug-likeness (QED) is 0.818. The molecule has 88 valence electrons. The van der Waals surface area contributed by atoms with E-state index in [1.165, 1.54) is 0 Å². The van der Waals surface area contributed by atoms with Crippen LogP contribution in [0.2, 0.25) is 0 Å². The van der Waals surface area contributed by atoms with Crippen molar-refractivity contribution >= 4 is 5.82 Å². The monoisotopic (exact) mass is 221 g/mol. The van der Waals surface area contributed by atoms with Gasteiger partial charge in [-0.3, -0.25) is 0 Å². The Morgan fingerprint density at radius 3 is 3.12 bits per heavy atom. The molecule has 1 saturated heterocycles. The zero-order chi connectivity index (χ0) is 11.4. The minimum absolute atomic E-state index is 0.0602. The van der Waals surface area contributed by atoms with E-state index in [1.54, 1.807) is 0 Å². The molecular formula is C12H19N3O. The van der Waals surface area contributed by atoms with Gasteiger partial charge in [0.2, 0.25) is 0 Å². The molecule has 1 aromatic heterocycles. The predicted octanol–water partition coefficient (Wildman–Crippen LogP) is 1.33. The molecule has 0 saturated carbocycles. The number of aromatic nitrogens is 1. The Bertz CT molecular complexity index is 333. The molecule has 0 unspecified atom stereocenters. The van der Waals surface area contributed by atoms with Gasteiger partial charge in [-0.25, -0.2) is 4.98 Å². The minimum Gasteiger partial charge on any atom is -0.380 e. The van der Waals surface area contributed by atoms with Crippen molar-refractivity contribution in [2.75, 3.05) is 31.2 Å². The summed E-state index contributed by atoms with van der Waals surface area (Å²) in [5.41, 5.74) is 7.01. The van der Waals surface area contributed by atoms with E-state index >= 15 is 0 Å². The van der Waals surface area contributed by atoms with E-state index in [0.717, 1.165) is 44.1 Å². The number of ether oxygens (including phenoxy) is 1. The van der Waals surface area contributed by atoms with E-state index in [1.807, 2.05) is 19.2 Å². The largest absolute Gasteiger partial charge is 0.380 e. The molecule has 1 aliphatic rings. The molecule has 2 N–H and O–H groups in total. The molecule has 2 rings (SSSR count). The molecular weight excluding hydrogens is 202 g/mol. The first-order chi connectivity index (χ1) is 7.77. The van der Waals surface area contributed by atoms with Gasteiger partial charge in [0.25, 0.3) is 0 Å². The van der Waals surface area contributed by atoms with E-state index in [2.05, 4.69) is 16.0 Å². The third-order valence-electron chi connectivity index (χ3n) is 2.84. The SMILES string of the molecule is C[C@H](N)c1ccnc(N2CCCOCC2)c1. The van der Waals surface area contributed by atoms with Crippen molar-refractivity contribution < 1.29 is 4.74 Å². The fourth-order valence-corrected chi connectivity index (χ4v) is 1.87. The number of pyridine rings is 1. The van der Waals surface area contributed by atoms with Crippen LogP contribution >= 0.6 is 0 Å². The van der Waals surface area contributed by atoms with Crippen LogP contribution in [0.4, 0.5) is 5.82 Å². The van der Waals surface area contributed by atoms with Gasteiger partial charge in [0.05, 0.1) is 6.61 Å². The van der Waals surface area contributed by atoms with Crippen molar-refractivity contribution in [1.29, 1.82) is 0 Å². The normalized spacial score (nSPS) is 19.2. The Morgan fingerprint density at radius 2 is 2.31 bits per heavy atom. The van der Waals surface area contributed by atoms with Gasteiger partial charge in [0.1, 0.15) is 5.82 Å². The van der Waals surface area contributed by atoms with E-state index < -0.39 is 0 Å². The number of nitrogens with two attached hydrogens (primary N) is 1. The van der Waals surface area contributed by atoms with Gasteiger partial charge >= 0.3 is 0 Å². The van der Waals surface area contributed by atoms with Crippen LogP contribution in [0.1, 0.15) is 24.9 Å². The molecule has 0 amide bonds. The van der Waals surface area contributed by atoms with Gasteiger partial charge in [-0.05, 0) is 31.0 Å². The molecule has 1 atom stereocenters. The highest BCUT2D eigenvalue weighted by atomic mass is 16.5. The molecule has 4 heteroatoms. The molecule has 1 aromatic rings. The zero-order valence-corrected chi connectivity index (χ0v) is 9.72. The van der Waals surface area contributed by atoms with Crippen LogP contribution < -0.4 is 10.6 Å². The molecule has 4 nitrogen and oxygen atoms in total. The van der Waals surface area contributed by atoms with Crippen molar-refractivity contribution in [3.8, 4) is 0 Å². The molecule has 0 radical (unpaired) electrons. The van der Waals surface area contributed by atoms with Crippen LogP contribution in [0.3, 0.4) is 0 Å². The smallest absolute Gasteiger partial charge is 0.128 e. The fourth-order valence-electron chi connectivity index (χ4n) is 1.87. The predicted molar refractivity (Wildman–Crippen MR) is 64.5 cm³/mol. The second kappa shape index (κ2) is 5.27. The molecule has 0 spiro atoms. The summed E-state index contributed by atoms with van der Waals surface area (Å²) in [6, 6.07) is 4.11. The Balaban J connectivity index is 2.15. The summed E-state index contributed by atoms with van der Waals surface area (Å²) in [6.45, 7) is 5.54. The van der Waals surface area contributed by atoms with Gasteiger partial charge in [0, 0.05) is 31.9 Å². The number of hydrogen-bond donors (Lipinski definition) is 1. The Morgan fingerprint density at radius 1 is 1.44 bits per heavy atom. The highest BCUT2D eigenvalue weighted by molar-refractivity contribution is 5.41. The van der Waals surface area contributed by atoms with E-state index in [4.69, 9.17) is 10.5 Å². The van der Waals surface area contributed by atoms with Crippen molar-refractivity contribution in [3.63, 3.8) is 0 Å². The number of hydrogen-bond acceptors (Lipinski definition) is 4. The van der Waals surface area contributed by atoms with Crippen LogP contribution in [0.25, 0.3) is 0 Å². The first-order valence-electron chi connectivity index (χ1n) is 5.81. The molecule has 0 aromatic carbocycles. The van der Waals surface area contributed by atoms with Gasteiger partial charge in [-0.1, -0.05) is 0 Å². The Hall–Kier alpha value is -1.13. The lowest BCUT2D eigenvalue weighted by Gasteiger charge is -2.21. The van der Waals surface area contributed by atoms with E-state index in [0.29, 0.717) is 0 Å². The highest BCUT2D eigenvalue weighted by Gasteiger charge is 2.12. The summed E-state index contributed by atoms with van der Waals surface area (Å²) < 4.78 is 5.43. The maximum atomic E-state index is 5.87. The number of nitrogens with zero attached hydrogens (tertiary/aromatic N) is 2. The summed E-state index contributed by atoms with van der Waals surface area (Å²) in [5.74, 6) is 1.01. The second-order valence-corrected chi connectivity index (χ2v) is 4.19. The van der Waals surface area contributed by atoms with Gasteiger partial charge in [-0.15, -0.1) is 0 Å². The standard InChI is InChI=1S/C12H19N3O/c1-10(13)11-3-4-14-12(9-11)15-5-2-7-16-8-6-15/h3-4,9-10H,2,5-8,13H2,1H3/t10-/m0/s1. The Kier molecular flexibility index (Phi) is 3.74. The number of anilines is 1. The first kappa shape index (κ1) is 11.4. The molecule has 16 heavy (non-hydrogen) atoms. The van der Waals surface area contributed by atoms with E-state index in [9.17, 15) is 0 Å². The maximum Gasteiger partial charge on any atom is 0.128 e. The third kappa shape index (κ3) is 2.71. The third-order valence-corrected chi connectivity index (χ3v) is 2.84. The van der Waals surface area contributed by atoms with Crippen molar-refractivity contribution in [1.82, 2.24) is 4.98 Å². The summed E-state index contributed by atoms with van der Waals surface area (Å²) in [5, 5.41) is 0. The highest BCUT2D eigenvalue weighted by Crippen LogP contribution is 2.17. The lowest BCUT2D eigenvalue weighted by molar-refractivity contribution is 0.152. The summed E-state index contributed by atoms with van der Waals surface area (Å²) in [4.78, 5) is 6.66. The maximum absolute atomic E-state index is 5.87. The second-order valence-electron chi connectivity index (χ2n) is 4.19. The molecule has 0 bridgehead atoms. The van der Waals surface area contributed by atoms with Gasteiger partial charge in [-0.2, -0.15) is 0 Å². The van der Waals surface area contributed by atoms with Crippen molar-refractivity contribution in [2.24, 2.45) is 5.73 Å². The van der Waals surface area contributed by atoms with Gasteiger partial charge in [0.15, 0.2) is 0 Å². The van der Waals surface area contributed by atoms with Crippen LogP contribution in [-0.4, -0.2) is 31.3 Å². The average molecular weight is 221 g/mol. The summed E-state index contributed by atoms with van der Waals surface area (Å²) >= 11 is 0. The summed E-state index contributed by atoms with van der Waals surface area (Å²) in [6.07, 6.45) is 2.89. The fraction of sp³-hybridized carbons (Fsp3) is 0.583. The molecule has 2 heterocycles. The van der Waals surface area contributed by atoms with Crippen LogP contribution in [0.15, 0.2) is 18.3 Å². The van der Waals surface area contributed by atoms with Crippen LogP contribution in [0, 0.1) is 0 Å². The summed E-state index contributed by atoms with van der Waals surface area (Å²) in [7, 11) is 0. The first-order valence-corrected chi connectivity index (χ1v) is 5.81. The molecule has 0 aliphatic carbocycles. The minimum atomic E-state index is 0.0602. The molecule has 1 aliphatic heterocycles. The average Bonchev–Trinajstić information content (AvgIpc) is 2.57. The molecule has 1 fully saturated rings. The zero-order valence-electron chi connectivity index (χ0n) is 9.72. The van der Waals surface area contributed by atoms with Gasteiger partial charge < -0.3 is 15.4 Å². The van der Waals surface area contributed by atoms with Crippen LogP contribution in [0.5, 0.6) is 0 Å². The van der Waals surface area contributed by atoms with E-state index in [-0.39, 0.29) is 6.04 Å². The van der Waals surface area contributed by atoms with Crippen LogP contribution in [-0.2, 0) is 4.74 Å². The van der Waals surface area contributed by atoms with Crippen molar-refractivity contribution in [2.45, 2.75) is 19.4 Å². The number of rotatable bonds is 2. The Labute approximate surface area is 96.4 Å². The lowest BCUT2D eigenvalue weighted by Crippen LogP contribution is -2.27. The van der Waals surface area contributed by atoms with Crippen molar-refractivity contribution in [3.05, 3.63) is 23.9 Å². The topological polar surface area (TPSA) is 51.4 Å². The lowest BCUT2D eigenvalue weighted by atomic mass is 10.1.